The highest BCUT2D eigenvalue weighted by molar-refractivity contribution is 5.68. The van der Waals surface area contributed by atoms with Crippen molar-refractivity contribution >= 4 is 0 Å². The van der Waals surface area contributed by atoms with E-state index in [4.69, 9.17) is 4.74 Å². The third kappa shape index (κ3) is 1.56. The Bertz CT molecular complexity index is 569. The lowest BCUT2D eigenvalue weighted by Crippen LogP contribution is -2.03. The van der Waals surface area contributed by atoms with Gasteiger partial charge < -0.3 is 9.84 Å². The van der Waals surface area contributed by atoms with Crippen LogP contribution in [0.15, 0.2) is 29.1 Å². The van der Waals surface area contributed by atoms with Crippen LogP contribution in [0.3, 0.4) is 0 Å². The molecular formula is C11H12N2O3. The van der Waals surface area contributed by atoms with Gasteiger partial charge in [0.1, 0.15) is 11.3 Å². The Balaban J connectivity index is 2.62. The van der Waals surface area contributed by atoms with Gasteiger partial charge in [-0.25, -0.2) is 0 Å². The molecule has 0 saturated carbocycles. The van der Waals surface area contributed by atoms with Crippen molar-refractivity contribution in [3.8, 4) is 22.8 Å². The molecule has 2 N–H and O–H groups in total. The number of aryl methyl sites for hydroxylation is 1. The van der Waals surface area contributed by atoms with Crippen molar-refractivity contribution < 1.29 is 9.84 Å². The SMILES string of the molecule is COc1cccc(-c2c(O)n(C)[nH]c2=O)c1. The zero-order valence-corrected chi connectivity index (χ0v) is 9.02. The number of aromatic amines is 1. The molecule has 1 heterocycles. The molecule has 0 spiro atoms. The Hall–Kier alpha value is -2.17. The fourth-order valence-corrected chi connectivity index (χ4v) is 1.57. The van der Waals surface area contributed by atoms with Crippen molar-refractivity contribution in [3.05, 3.63) is 34.6 Å². The summed E-state index contributed by atoms with van der Waals surface area (Å²) in [6, 6.07) is 6.98. The van der Waals surface area contributed by atoms with Crippen molar-refractivity contribution in [3.63, 3.8) is 0 Å². The summed E-state index contributed by atoms with van der Waals surface area (Å²) in [5, 5.41) is 12.2. The first-order chi connectivity index (χ1) is 7.63. The maximum atomic E-state index is 11.6. The maximum absolute atomic E-state index is 11.6. The van der Waals surface area contributed by atoms with E-state index in [-0.39, 0.29) is 17.0 Å². The minimum atomic E-state index is -0.326. The number of H-pyrrole nitrogens is 1. The number of rotatable bonds is 2. The number of aromatic hydroxyl groups is 1. The predicted molar refractivity (Wildman–Crippen MR) is 59.7 cm³/mol. The molecule has 16 heavy (non-hydrogen) atoms. The van der Waals surface area contributed by atoms with E-state index in [0.29, 0.717) is 11.3 Å². The van der Waals surface area contributed by atoms with Gasteiger partial charge in [-0.15, -0.1) is 0 Å². The zero-order chi connectivity index (χ0) is 11.7. The molecule has 0 amide bonds. The highest BCUT2D eigenvalue weighted by Gasteiger charge is 2.14. The van der Waals surface area contributed by atoms with Gasteiger partial charge in [-0.1, -0.05) is 12.1 Å². The van der Waals surface area contributed by atoms with Crippen LogP contribution in [-0.2, 0) is 7.05 Å². The summed E-state index contributed by atoms with van der Waals surface area (Å²) in [5.41, 5.74) is 0.549. The number of nitrogens with zero attached hydrogens (tertiary/aromatic N) is 1. The molecule has 0 bridgehead atoms. The average Bonchev–Trinajstić information content (AvgIpc) is 2.53. The minimum absolute atomic E-state index is 0.0850. The van der Waals surface area contributed by atoms with Crippen LogP contribution in [0.2, 0.25) is 0 Å². The van der Waals surface area contributed by atoms with Crippen LogP contribution in [0.4, 0.5) is 0 Å². The van der Waals surface area contributed by atoms with E-state index in [2.05, 4.69) is 5.10 Å². The van der Waals surface area contributed by atoms with E-state index >= 15 is 0 Å². The summed E-state index contributed by atoms with van der Waals surface area (Å²) < 4.78 is 6.34. The molecule has 0 aliphatic heterocycles. The summed E-state index contributed by atoms with van der Waals surface area (Å²) in [5.74, 6) is 0.554. The first-order valence-electron chi connectivity index (χ1n) is 4.76. The number of ether oxygens (including phenoxy) is 1. The zero-order valence-electron chi connectivity index (χ0n) is 9.02. The molecule has 2 rings (SSSR count). The second kappa shape index (κ2) is 3.77. The minimum Gasteiger partial charge on any atom is -0.497 e. The van der Waals surface area contributed by atoms with Crippen LogP contribution in [0.5, 0.6) is 11.6 Å². The molecule has 5 heteroatoms. The van der Waals surface area contributed by atoms with Crippen LogP contribution in [0.25, 0.3) is 11.1 Å². The largest absolute Gasteiger partial charge is 0.497 e. The van der Waals surface area contributed by atoms with Crippen molar-refractivity contribution in [2.75, 3.05) is 7.11 Å². The Labute approximate surface area is 91.9 Å². The molecule has 0 unspecified atom stereocenters. The van der Waals surface area contributed by atoms with Crippen LogP contribution < -0.4 is 10.3 Å². The number of methoxy groups -OCH3 is 1. The number of aromatic nitrogens is 2. The van der Waals surface area contributed by atoms with Crippen molar-refractivity contribution in [2.24, 2.45) is 7.05 Å². The van der Waals surface area contributed by atoms with Crippen LogP contribution in [0, 0.1) is 0 Å². The van der Waals surface area contributed by atoms with Crippen molar-refractivity contribution in [2.45, 2.75) is 0 Å². The third-order valence-electron chi connectivity index (χ3n) is 2.40. The van der Waals surface area contributed by atoms with Gasteiger partial charge in [0.2, 0.25) is 5.88 Å². The lowest BCUT2D eigenvalue weighted by molar-refractivity contribution is 0.414. The van der Waals surface area contributed by atoms with E-state index in [9.17, 15) is 9.90 Å². The van der Waals surface area contributed by atoms with Crippen LogP contribution in [0.1, 0.15) is 0 Å². The van der Waals surface area contributed by atoms with E-state index in [1.54, 1.807) is 38.4 Å². The lowest BCUT2D eigenvalue weighted by atomic mass is 10.1. The highest BCUT2D eigenvalue weighted by atomic mass is 16.5. The van der Waals surface area contributed by atoms with Gasteiger partial charge in [0.05, 0.1) is 7.11 Å². The van der Waals surface area contributed by atoms with Crippen molar-refractivity contribution in [1.82, 2.24) is 9.78 Å². The Morgan fingerprint density at radius 2 is 2.19 bits per heavy atom. The molecule has 84 valence electrons. The second-order valence-electron chi connectivity index (χ2n) is 3.43. The monoisotopic (exact) mass is 220 g/mol. The predicted octanol–water partition coefficient (Wildman–Crippen LogP) is 1.09. The standard InChI is InChI=1S/C11H12N2O3/c1-13-11(15)9(10(14)12-13)7-4-3-5-8(6-7)16-2/h3-6,15H,1-2H3,(H,12,14). The Kier molecular flexibility index (Phi) is 2.44. The highest BCUT2D eigenvalue weighted by Crippen LogP contribution is 2.27. The molecule has 0 radical (unpaired) electrons. The molecule has 5 nitrogen and oxygen atoms in total. The first-order valence-corrected chi connectivity index (χ1v) is 4.76. The molecule has 1 aromatic heterocycles. The smallest absolute Gasteiger partial charge is 0.275 e. The average molecular weight is 220 g/mol. The van der Waals surface area contributed by atoms with E-state index in [1.165, 1.54) is 4.68 Å². The maximum Gasteiger partial charge on any atom is 0.275 e. The van der Waals surface area contributed by atoms with Crippen LogP contribution >= 0.6 is 0 Å². The quantitative estimate of drug-likeness (QED) is 0.796. The number of hydrogen-bond acceptors (Lipinski definition) is 3. The van der Waals surface area contributed by atoms with Crippen molar-refractivity contribution in [1.29, 1.82) is 0 Å². The first kappa shape index (κ1) is 10.4. The molecule has 0 aliphatic carbocycles. The normalized spacial score (nSPS) is 10.4. The summed E-state index contributed by atoms with van der Waals surface area (Å²) in [4.78, 5) is 11.6. The summed E-state index contributed by atoms with van der Waals surface area (Å²) in [6.45, 7) is 0. The molecule has 1 aromatic carbocycles. The van der Waals surface area contributed by atoms with E-state index in [0.717, 1.165) is 0 Å². The Morgan fingerprint density at radius 3 is 2.75 bits per heavy atom. The lowest BCUT2D eigenvalue weighted by Gasteiger charge is -2.02. The molecule has 0 saturated heterocycles. The molecular weight excluding hydrogens is 208 g/mol. The van der Waals surface area contributed by atoms with E-state index < -0.39 is 0 Å². The van der Waals surface area contributed by atoms with Gasteiger partial charge in [-0.05, 0) is 17.7 Å². The molecule has 0 aliphatic rings. The third-order valence-corrected chi connectivity index (χ3v) is 2.40. The van der Waals surface area contributed by atoms with Gasteiger partial charge >= 0.3 is 0 Å². The molecule has 0 fully saturated rings. The topological polar surface area (TPSA) is 67.2 Å². The molecule has 0 atom stereocenters. The van der Waals surface area contributed by atoms with Gasteiger partial charge in [0, 0.05) is 7.05 Å². The fourth-order valence-electron chi connectivity index (χ4n) is 1.57. The van der Waals surface area contributed by atoms with Gasteiger partial charge in [0.25, 0.3) is 5.56 Å². The van der Waals surface area contributed by atoms with Gasteiger partial charge in [-0.3, -0.25) is 14.6 Å². The number of nitrogens with one attached hydrogen (secondary N) is 1. The Morgan fingerprint density at radius 1 is 1.44 bits per heavy atom. The summed E-state index contributed by atoms with van der Waals surface area (Å²) in [6.07, 6.45) is 0. The summed E-state index contributed by atoms with van der Waals surface area (Å²) >= 11 is 0. The van der Waals surface area contributed by atoms with Crippen LogP contribution in [-0.4, -0.2) is 22.0 Å². The van der Waals surface area contributed by atoms with E-state index in [1.807, 2.05) is 0 Å². The summed E-state index contributed by atoms with van der Waals surface area (Å²) in [7, 11) is 3.12. The fraction of sp³-hybridized carbons (Fsp3) is 0.182. The second-order valence-corrected chi connectivity index (χ2v) is 3.43. The molecule has 2 aromatic rings. The van der Waals surface area contributed by atoms with Gasteiger partial charge in [-0.2, -0.15) is 0 Å². The number of hydrogen-bond donors (Lipinski definition) is 2. The van der Waals surface area contributed by atoms with Gasteiger partial charge in [0.15, 0.2) is 0 Å². The number of benzene rings is 1.